The Labute approximate surface area is 207 Å². The van der Waals surface area contributed by atoms with Crippen LogP contribution in [0.15, 0.2) is 35.5 Å². The van der Waals surface area contributed by atoms with E-state index in [1.807, 2.05) is 37.3 Å². The number of hydrogen-bond donors (Lipinski definition) is 1. The third-order valence-electron chi connectivity index (χ3n) is 7.91. The molecule has 0 saturated heterocycles. The van der Waals surface area contributed by atoms with Crippen molar-refractivity contribution in [2.24, 2.45) is 23.7 Å². The number of benzene rings is 1. The molecule has 0 radical (unpaired) electrons. The Hall–Kier alpha value is -2.02. The summed E-state index contributed by atoms with van der Waals surface area (Å²) in [6.45, 7) is 7.63. The molecule has 6 nitrogen and oxygen atoms in total. The molecule has 1 N–H and O–H groups in total. The number of rotatable bonds is 10. The lowest BCUT2D eigenvalue weighted by molar-refractivity contribution is -0.126. The highest BCUT2D eigenvalue weighted by Gasteiger charge is 2.51. The SMILES string of the molecule is CC(C)CCn1c(COc2ccccc2)nnc1SC(C)C(=O)NC12CC3CC(CC(C3)C1)C2. The van der Waals surface area contributed by atoms with Crippen LogP contribution in [-0.2, 0) is 17.9 Å². The first-order chi connectivity index (χ1) is 16.4. The number of thioether (sulfide) groups is 1. The number of aromatic nitrogens is 3. The molecule has 4 bridgehead atoms. The number of carbonyl (C=O) groups is 1. The van der Waals surface area contributed by atoms with Crippen LogP contribution in [-0.4, -0.2) is 31.5 Å². The van der Waals surface area contributed by atoms with Crippen molar-refractivity contribution < 1.29 is 9.53 Å². The summed E-state index contributed by atoms with van der Waals surface area (Å²) in [5, 5.41) is 13.0. The summed E-state index contributed by atoms with van der Waals surface area (Å²) in [4.78, 5) is 13.3. The van der Waals surface area contributed by atoms with Gasteiger partial charge in [-0.25, -0.2) is 0 Å². The minimum absolute atomic E-state index is 0.0423. The van der Waals surface area contributed by atoms with Gasteiger partial charge in [0.2, 0.25) is 5.91 Å². The van der Waals surface area contributed by atoms with Gasteiger partial charge in [0.15, 0.2) is 11.0 Å². The summed E-state index contributed by atoms with van der Waals surface area (Å²) >= 11 is 1.52. The van der Waals surface area contributed by atoms with Crippen LogP contribution in [0.2, 0.25) is 0 Å². The molecule has 1 heterocycles. The Balaban J connectivity index is 1.25. The van der Waals surface area contributed by atoms with Crippen molar-refractivity contribution >= 4 is 17.7 Å². The summed E-state index contributed by atoms with van der Waals surface area (Å²) < 4.78 is 8.09. The number of carbonyl (C=O) groups excluding carboxylic acids is 1. The molecule has 0 aliphatic heterocycles. The van der Waals surface area contributed by atoms with Gasteiger partial charge in [-0.2, -0.15) is 0 Å². The normalized spacial score (nSPS) is 28.3. The van der Waals surface area contributed by atoms with E-state index in [0.29, 0.717) is 12.5 Å². The first-order valence-electron chi connectivity index (χ1n) is 13.0. The lowest BCUT2D eigenvalue weighted by Crippen LogP contribution is -2.60. The van der Waals surface area contributed by atoms with Gasteiger partial charge in [-0.15, -0.1) is 10.2 Å². The summed E-state index contributed by atoms with van der Waals surface area (Å²) in [5.41, 5.74) is 0.0423. The van der Waals surface area contributed by atoms with Gasteiger partial charge in [0, 0.05) is 12.1 Å². The molecule has 1 aromatic carbocycles. The summed E-state index contributed by atoms with van der Waals surface area (Å²) in [6.07, 6.45) is 8.69. The van der Waals surface area contributed by atoms with Gasteiger partial charge >= 0.3 is 0 Å². The molecule has 0 spiro atoms. The second-order valence-corrected chi connectivity index (χ2v) is 12.6. The van der Waals surface area contributed by atoms with E-state index in [4.69, 9.17) is 4.74 Å². The van der Waals surface area contributed by atoms with Gasteiger partial charge in [0.1, 0.15) is 12.4 Å². The second kappa shape index (κ2) is 9.92. The summed E-state index contributed by atoms with van der Waals surface area (Å²) in [5.74, 6) is 4.80. The van der Waals surface area contributed by atoms with Crippen LogP contribution < -0.4 is 10.1 Å². The molecule has 4 saturated carbocycles. The minimum atomic E-state index is -0.210. The number of ether oxygens (including phenoxy) is 1. The van der Waals surface area contributed by atoms with Crippen molar-refractivity contribution in [3.8, 4) is 5.75 Å². The Morgan fingerprint density at radius 3 is 2.35 bits per heavy atom. The smallest absolute Gasteiger partial charge is 0.233 e. The lowest BCUT2D eigenvalue weighted by Gasteiger charge is -2.57. The number of nitrogens with one attached hydrogen (secondary N) is 1. The number of para-hydroxylation sites is 1. The molecule has 4 aliphatic rings. The Morgan fingerprint density at radius 1 is 1.09 bits per heavy atom. The Bertz CT molecular complexity index is 954. The third-order valence-corrected chi connectivity index (χ3v) is 8.99. The molecule has 1 atom stereocenters. The van der Waals surface area contributed by atoms with Crippen LogP contribution in [0.3, 0.4) is 0 Å². The molecule has 2 aromatic rings. The molecule has 1 amide bonds. The van der Waals surface area contributed by atoms with Gasteiger partial charge in [0.05, 0.1) is 5.25 Å². The number of amides is 1. The maximum absolute atomic E-state index is 13.3. The molecule has 4 aliphatic carbocycles. The van der Waals surface area contributed by atoms with E-state index in [1.54, 1.807) is 0 Å². The zero-order valence-electron chi connectivity index (χ0n) is 20.7. The van der Waals surface area contributed by atoms with Crippen LogP contribution in [0, 0.1) is 23.7 Å². The van der Waals surface area contributed by atoms with E-state index in [2.05, 4.69) is 33.9 Å². The topological polar surface area (TPSA) is 69.0 Å². The first kappa shape index (κ1) is 23.7. The summed E-state index contributed by atoms with van der Waals surface area (Å²) in [6, 6.07) is 9.79. The minimum Gasteiger partial charge on any atom is -0.486 e. The van der Waals surface area contributed by atoms with Crippen molar-refractivity contribution in [1.29, 1.82) is 0 Å². The lowest BCUT2D eigenvalue weighted by atomic mass is 9.53. The van der Waals surface area contributed by atoms with Crippen LogP contribution in [0.5, 0.6) is 5.75 Å². The van der Waals surface area contributed by atoms with Gasteiger partial charge < -0.3 is 14.6 Å². The Morgan fingerprint density at radius 2 is 1.74 bits per heavy atom. The fourth-order valence-corrected chi connectivity index (χ4v) is 7.52. The average Bonchev–Trinajstić information content (AvgIpc) is 3.16. The predicted octanol–water partition coefficient (Wildman–Crippen LogP) is 5.47. The molecule has 1 aromatic heterocycles. The molecule has 184 valence electrons. The van der Waals surface area contributed by atoms with Gasteiger partial charge in [-0.1, -0.05) is 43.8 Å². The second-order valence-electron chi connectivity index (χ2n) is 11.3. The quantitative estimate of drug-likeness (QED) is 0.455. The average molecular weight is 483 g/mol. The zero-order chi connectivity index (χ0) is 23.7. The highest BCUT2D eigenvalue weighted by molar-refractivity contribution is 8.00. The molecule has 1 unspecified atom stereocenters. The van der Waals surface area contributed by atoms with Crippen LogP contribution >= 0.6 is 11.8 Å². The van der Waals surface area contributed by atoms with Crippen LogP contribution in [0.1, 0.15) is 71.5 Å². The monoisotopic (exact) mass is 482 g/mol. The molecular weight excluding hydrogens is 444 g/mol. The van der Waals surface area contributed by atoms with Gasteiger partial charge in [-0.05, 0) is 87.7 Å². The number of nitrogens with zero attached hydrogens (tertiary/aromatic N) is 3. The molecular formula is C27H38N4O2S. The van der Waals surface area contributed by atoms with E-state index in [9.17, 15) is 4.79 Å². The Kier molecular flexibility index (Phi) is 6.92. The first-order valence-corrected chi connectivity index (χ1v) is 13.9. The van der Waals surface area contributed by atoms with Gasteiger partial charge in [0.25, 0.3) is 0 Å². The van der Waals surface area contributed by atoms with Crippen LogP contribution in [0.4, 0.5) is 0 Å². The molecule has 4 fully saturated rings. The highest BCUT2D eigenvalue weighted by atomic mass is 32.2. The van der Waals surface area contributed by atoms with Crippen molar-refractivity contribution in [2.75, 3.05) is 0 Å². The third kappa shape index (κ3) is 5.29. The van der Waals surface area contributed by atoms with E-state index >= 15 is 0 Å². The fraction of sp³-hybridized carbons (Fsp3) is 0.667. The zero-order valence-corrected chi connectivity index (χ0v) is 21.5. The van der Waals surface area contributed by atoms with Crippen molar-refractivity contribution in [3.05, 3.63) is 36.2 Å². The van der Waals surface area contributed by atoms with E-state index in [0.717, 1.165) is 47.4 Å². The van der Waals surface area contributed by atoms with E-state index in [1.165, 1.54) is 50.3 Å². The fourth-order valence-electron chi connectivity index (χ4n) is 6.63. The van der Waals surface area contributed by atoms with Crippen molar-refractivity contribution in [3.63, 3.8) is 0 Å². The van der Waals surface area contributed by atoms with Crippen LogP contribution in [0.25, 0.3) is 0 Å². The van der Waals surface area contributed by atoms with Crippen molar-refractivity contribution in [2.45, 2.75) is 94.8 Å². The maximum atomic E-state index is 13.3. The number of hydrogen-bond acceptors (Lipinski definition) is 5. The predicted molar refractivity (Wildman–Crippen MR) is 135 cm³/mol. The van der Waals surface area contributed by atoms with E-state index in [-0.39, 0.29) is 16.7 Å². The largest absolute Gasteiger partial charge is 0.486 e. The highest BCUT2D eigenvalue weighted by Crippen LogP contribution is 2.55. The molecule has 6 rings (SSSR count). The molecule has 7 heteroatoms. The standard InChI is InChI=1S/C27H38N4O2S/c1-18(2)9-10-31-24(17-33-23-7-5-4-6-8-23)29-30-26(31)34-19(3)25(32)28-27-14-20-11-21(15-27)13-22(12-20)16-27/h4-8,18-22H,9-17H2,1-3H3,(H,28,32). The maximum Gasteiger partial charge on any atom is 0.233 e. The van der Waals surface area contributed by atoms with Crippen molar-refractivity contribution in [1.82, 2.24) is 20.1 Å². The van der Waals surface area contributed by atoms with Gasteiger partial charge in [-0.3, -0.25) is 4.79 Å². The van der Waals surface area contributed by atoms with E-state index < -0.39 is 0 Å². The molecule has 34 heavy (non-hydrogen) atoms. The summed E-state index contributed by atoms with van der Waals surface area (Å²) in [7, 11) is 0.